The van der Waals surface area contributed by atoms with Crippen LogP contribution in [0.25, 0.3) is 0 Å². The molecule has 0 fully saturated rings. The molecule has 0 aromatic heterocycles. The minimum absolute atomic E-state index is 0.0784. The Bertz CT molecular complexity index is 1170. The summed E-state index contributed by atoms with van der Waals surface area (Å²) in [6, 6.07) is 0. The number of unbranched alkanes of at least 4 members (excludes halogenated alkanes) is 34. The summed E-state index contributed by atoms with van der Waals surface area (Å²) in [5.41, 5.74) is 0. The van der Waals surface area contributed by atoms with Crippen molar-refractivity contribution in [2.45, 2.75) is 309 Å². The molecule has 5 heteroatoms. The van der Waals surface area contributed by atoms with Crippen molar-refractivity contribution in [1.29, 1.82) is 0 Å². The largest absolute Gasteiger partial charge is 0.462 e. The van der Waals surface area contributed by atoms with Crippen molar-refractivity contribution in [1.82, 2.24) is 0 Å². The van der Waals surface area contributed by atoms with E-state index in [1.54, 1.807) is 0 Å². The Kier molecular flexibility index (Phi) is 56.8. The maximum atomic E-state index is 12.9. The van der Waals surface area contributed by atoms with Gasteiger partial charge in [0, 0.05) is 19.4 Å². The summed E-state index contributed by atoms with van der Waals surface area (Å²) in [5, 5.41) is 0. The zero-order valence-corrected chi connectivity index (χ0v) is 45.6. The molecule has 0 aliphatic rings. The number of hydrogen-bond donors (Lipinski definition) is 0. The summed E-state index contributed by atoms with van der Waals surface area (Å²) in [6.07, 6.45) is 75.3. The molecule has 0 aromatic carbocycles. The van der Waals surface area contributed by atoms with Crippen LogP contribution in [-0.2, 0) is 23.8 Å². The van der Waals surface area contributed by atoms with Gasteiger partial charge in [-0.2, -0.15) is 0 Å². The second kappa shape index (κ2) is 58.9. The van der Waals surface area contributed by atoms with Gasteiger partial charge in [0.2, 0.25) is 0 Å². The average Bonchev–Trinajstić information content (AvgIpc) is 3.34. The molecule has 0 radical (unpaired) electrons. The lowest BCUT2D eigenvalue weighted by Gasteiger charge is -2.18. The van der Waals surface area contributed by atoms with Crippen molar-refractivity contribution in [3.05, 3.63) is 60.8 Å². The Morgan fingerprint density at radius 3 is 1.07 bits per heavy atom. The first-order valence-electron chi connectivity index (χ1n) is 29.8. The van der Waals surface area contributed by atoms with E-state index in [0.29, 0.717) is 19.4 Å². The summed E-state index contributed by atoms with van der Waals surface area (Å²) in [5.74, 6) is -0.404. The SMILES string of the molecule is CC/C=C\C/C=C\C/C=C\C/C=C\CCCCCCCCC(=O)OCC(COCCCCCCCCCCCCCCCCCC)OC(=O)CCCCCCCCC/C=C\CCCCCCCC. The van der Waals surface area contributed by atoms with E-state index in [-0.39, 0.29) is 25.2 Å². The molecule has 0 saturated carbocycles. The van der Waals surface area contributed by atoms with Crippen LogP contribution in [0.2, 0.25) is 0 Å². The number of allylic oxidation sites excluding steroid dienone is 10. The van der Waals surface area contributed by atoms with Crippen LogP contribution in [-0.4, -0.2) is 37.9 Å². The van der Waals surface area contributed by atoms with Crippen LogP contribution in [0.4, 0.5) is 0 Å². The molecule has 0 aliphatic heterocycles. The summed E-state index contributed by atoms with van der Waals surface area (Å²) in [4.78, 5) is 25.6. The van der Waals surface area contributed by atoms with E-state index in [1.807, 2.05) is 0 Å². The molecule has 0 aliphatic carbocycles. The van der Waals surface area contributed by atoms with E-state index in [9.17, 15) is 9.59 Å². The Balaban J connectivity index is 4.28. The molecular formula is C63H114O5. The highest BCUT2D eigenvalue weighted by molar-refractivity contribution is 5.70. The predicted molar refractivity (Wildman–Crippen MR) is 298 cm³/mol. The van der Waals surface area contributed by atoms with Gasteiger partial charge in [0.1, 0.15) is 6.61 Å². The number of carbonyl (C=O) groups is 2. The molecule has 0 amide bonds. The van der Waals surface area contributed by atoms with Crippen molar-refractivity contribution in [3.63, 3.8) is 0 Å². The Morgan fingerprint density at radius 2 is 0.662 bits per heavy atom. The fourth-order valence-corrected chi connectivity index (χ4v) is 8.62. The van der Waals surface area contributed by atoms with E-state index in [1.165, 1.54) is 193 Å². The number of rotatable bonds is 55. The van der Waals surface area contributed by atoms with Gasteiger partial charge in [0.05, 0.1) is 6.61 Å². The first kappa shape index (κ1) is 65.6. The van der Waals surface area contributed by atoms with E-state index in [0.717, 1.165) is 77.0 Å². The van der Waals surface area contributed by atoms with Gasteiger partial charge in [-0.15, -0.1) is 0 Å². The van der Waals surface area contributed by atoms with Crippen LogP contribution in [0.5, 0.6) is 0 Å². The quantitative estimate of drug-likeness (QED) is 0.0345. The van der Waals surface area contributed by atoms with Crippen LogP contribution >= 0.6 is 0 Å². The van der Waals surface area contributed by atoms with Crippen molar-refractivity contribution < 1.29 is 23.8 Å². The lowest BCUT2D eigenvalue weighted by molar-refractivity contribution is -0.163. The molecule has 0 heterocycles. The van der Waals surface area contributed by atoms with Gasteiger partial charge >= 0.3 is 11.9 Å². The highest BCUT2D eigenvalue weighted by atomic mass is 16.6. The van der Waals surface area contributed by atoms with E-state index in [4.69, 9.17) is 14.2 Å². The topological polar surface area (TPSA) is 61.8 Å². The Morgan fingerprint density at radius 1 is 0.338 bits per heavy atom. The summed E-state index contributed by atoms with van der Waals surface area (Å²) < 4.78 is 17.5. The molecule has 0 saturated heterocycles. The molecule has 0 bridgehead atoms. The monoisotopic (exact) mass is 951 g/mol. The lowest BCUT2D eigenvalue weighted by atomic mass is 10.0. The molecule has 68 heavy (non-hydrogen) atoms. The second-order valence-corrected chi connectivity index (χ2v) is 19.9. The standard InChI is InChI=1S/C63H114O5/c1-4-7-10-13-16-19-22-25-28-31-32-34-35-38-41-44-47-50-53-56-62(64)67-60-61(59-66-58-55-52-49-46-43-40-37-30-27-24-21-18-15-12-9-6-3)68-63(65)57-54-51-48-45-42-39-36-33-29-26-23-20-17-14-11-8-5-2/h7,10,16,19,25-26,28-29,32,34,61H,4-6,8-9,11-15,17-18,20-24,27,30-31,33,35-60H2,1-3H3/b10-7-,19-16-,28-25-,29-26-,34-32-. The highest BCUT2D eigenvalue weighted by Gasteiger charge is 2.17. The molecule has 1 atom stereocenters. The first-order chi connectivity index (χ1) is 33.6. The van der Waals surface area contributed by atoms with E-state index in [2.05, 4.69) is 81.5 Å². The second-order valence-electron chi connectivity index (χ2n) is 19.9. The van der Waals surface area contributed by atoms with Crippen molar-refractivity contribution in [3.8, 4) is 0 Å². The molecule has 0 rings (SSSR count). The number of ether oxygens (including phenoxy) is 3. The van der Waals surface area contributed by atoms with Gasteiger partial charge in [-0.3, -0.25) is 9.59 Å². The van der Waals surface area contributed by atoms with Gasteiger partial charge in [0.15, 0.2) is 6.10 Å². The van der Waals surface area contributed by atoms with Crippen LogP contribution in [0.15, 0.2) is 60.8 Å². The van der Waals surface area contributed by atoms with Gasteiger partial charge in [-0.05, 0) is 83.5 Å². The first-order valence-corrected chi connectivity index (χ1v) is 29.8. The third kappa shape index (κ3) is 56.2. The van der Waals surface area contributed by atoms with Crippen LogP contribution in [0.1, 0.15) is 303 Å². The average molecular weight is 952 g/mol. The minimum atomic E-state index is -0.544. The molecule has 5 nitrogen and oxygen atoms in total. The van der Waals surface area contributed by atoms with Gasteiger partial charge < -0.3 is 14.2 Å². The molecule has 1 unspecified atom stereocenters. The van der Waals surface area contributed by atoms with Gasteiger partial charge in [-0.1, -0.05) is 268 Å². The number of hydrogen-bond acceptors (Lipinski definition) is 5. The van der Waals surface area contributed by atoms with E-state index >= 15 is 0 Å². The summed E-state index contributed by atoms with van der Waals surface area (Å²) >= 11 is 0. The minimum Gasteiger partial charge on any atom is -0.462 e. The maximum absolute atomic E-state index is 12.9. The van der Waals surface area contributed by atoms with Crippen LogP contribution in [0.3, 0.4) is 0 Å². The fraction of sp³-hybridized carbons (Fsp3) is 0.810. The van der Waals surface area contributed by atoms with Crippen molar-refractivity contribution in [2.24, 2.45) is 0 Å². The molecule has 0 spiro atoms. The third-order valence-corrected chi connectivity index (χ3v) is 13.0. The molecular weight excluding hydrogens is 837 g/mol. The summed E-state index contributed by atoms with van der Waals surface area (Å²) in [7, 11) is 0. The zero-order valence-electron chi connectivity index (χ0n) is 45.6. The van der Waals surface area contributed by atoms with Crippen molar-refractivity contribution in [2.75, 3.05) is 19.8 Å². The number of esters is 2. The molecule has 396 valence electrons. The zero-order chi connectivity index (χ0) is 49.2. The van der Waals surface area contributed by atoms with Gasteiger partial charge in [0.25, 0.3) is 0 Å². The normalized spacial score (nSPS) is 12.6. The highest BCUT2D eigenvalue weighted by Crippen LogP contribution is 2.16. The van der Waals surface area contributed by atoms with Crippen LogP contribution < -0.4 is 0 Å². The smallest absolute Gasteiger partial charge is 0.306 e. The van der Waals surface area contributed by atoms with Crippen molar-refractivity contribution >= 4 is 11.9 Å². The number of carbonyl (C=O) groups excluding carboxylic acids is 2. The Hall–Kier alpha value is -2.40. The third-order valence-electron chi connectivity index (χ3n) is 13.0. The Labute approximate surface area is 424 Å². The molecule has 0 aromatic rings. The van der Waals surface area contributed by atoms with Crippen LogP contribution in [0, 0.1) is 0 Å². The van der Waals surface area contributed by atoms with E-state index < -0.39 is 6.10 Å². The maximum Gasteiger partial charge on any atom is 0.306 e. The predicted octanol–water partition coefficient (Wildman–Crippen LogP) is 20.5. The molecule has 0 N–H and O–H groups in total. The lowest BCUT2D eigenvalue weighted by Crippen LogP contribution is -2.30. The summed E-state index contributed by atoms with van der Waals surface area (Å²) in [6.45, 7) is 7.75. The van der Waals surface area contributed by atoms with Gasteiger partial charge in [-0.25, -0.2) is 0 Å². The fourth-order valence-electron chi connectivity index (χ4n) is 8.62.